The van der Waals surface area contributed by atoms with Gasteiger partial charge < -0.3 is 4.52 Å². The van der Waals surface area contributed by atoms with E-state index in [0.717, 1.165) is 24.8 Å². The molecule has 7 heteroatoms. The molecule has 0 aliphatic heterocycles. The number of halogens is 1. The van der Waals surface area contributed by atoms with Crippen molar-refractivity contribution in [1.82, 2.24) is 24.9 Å². The van der Waals surface area contributed by atoms with E-state index in [0.29, 0.717) is 11.7 Å². The van der Waals surface area contributed by atoms with Gasteiger partial charge in [0.05, 0.1) is 5.41 Å². The van der Waals surface area contributed by atoms with Crippen molar-refractivity contribution in [3.8, 4) is 0 Å². The molecule has 0 bridgehead atoms. The third-order valence-corrected chi connectivity index (χ3v) is 4.66. The van der Waals surface area contributed by atoms with E-state index in [1.807, 2.05) is 19.1 Å². The molecule has 0 spiro atoms. The maximum Gasteiger partial charge on any atom is 0.251 e. The number of hydrogen-bond acceptors (Lipinski definition) is 5. The van der Waals surface area contributed by atoms with Gasteiger partial charge >= 0.3 is 0 Å². The fourth-order valence-electron chi connectivity index (χ4n) is 3.07. The zero-order chi connectivity index (χ0) is 15.9. The minimum Gasteiger partial charge on any atom is -0.337 e. The summed E-state index contributed by atoms with van der Waals surface area (Å²) < 4.78 is 20.3. The molecule has 1 aromatic carbocycles. The molecule has 0 unspecified atom stereocenters. The largest absolute Gasteiger partial charge is 0.337 e. The van der Waals surface area contributed by atoms with Crippen molar-refractivity contribution >= 4 is 0 Å². The zero-order valence-corrected chi connectivity index (χ0v) is 12.7. The summed E-state index contributed by atoms with van der Waals surface area (Å²) >= 11 is 0. The maximum atomic E-state index is 13.2. The fraction of sp³-hybridized carbons (Fsp3) is 0.375. The summed E-state index contributed by atoms with van der Waals surface area (Å²) in [6.07, 6.45) is 6.07. The van der Waals surface area contributed by atoms with E-state index < -0.39 is 0 Å². The Morgan fingerprint density at radius 2 is 2.04 bits per heavy atom. The van der Waals surface area contributed by atoms with Crippen molar-refractivity contribution in [2.24, 2.45) is 0 Å². The van der Waals surface area contributed by atoms with Crippen LogP contribution in [0.1, 0.15) is 49.5 Å². The summed E-state index contributed by atoms with van der Waals surface area (Å²) in [5.41, 5.74) is 0.767. The average molecular weight is 313 g/mol. The van der Waals surface area contributed by atoms with E-state index in [1.165, 1.54) is 18.5 Å². The van der Waals surface area contributed by atoms with E-state index in [2.05, 4.69) is 20.2 Å². The molecule has 0 radical (unpaired) electrons. The monoisotopic (exact) mass is 313 g/mol. The molecule has 1 aliphatic rings. The lowest BCUT2D eigenvalue weighted by molar-refractivity contribution is 0.268. The van der Waals surface area contributed by atoms with Gasteiger partial charge in [-0.15, -0.1) is 0 Å². The summed E-state index contributed by atoms with van der Waals surface area (Å²) in [6, 6.07) is 6.41. The minimum atomic E-state index is -0.266. The predicted octanol–water partition coefficient (Wildman–Crippen LogP) is 2.88. The molecular weight excluding hydrogens is 297 g/mol. The third-order valence-electron chi connectivity index (χ3n) is 4.66. The van der Waals surface area contributed by atoms with E-state index in [9.17, 15) is 4.39 Å². The number of hydrogen-bond donors (Lipinski definition) is 0. The van der Waals surface area contributed by atoms with Crippen LogP contribution in [0.3, 0.4) is 0 Å². The highest BCUT2D eigenvalue weighted by Gasteiger charge is 2.44. The Labute approximate surface area is 132 Å². The van der Waals surface area contributed by atoms with Gasteiger partial charge in [-0.3, -0.25) is 0 Å². The number of benzene rings is 1. The first-order chi connectivity index (χ1) is 11.2. The Morgan fingerprint density at radius 3 is 2.65 bits per heavy atom. The molecule has 1 atom stereocenters. The molecular formula is C16H16FN5O. The molecule has 0 amide bonds. The second-order valence-corrected chi connectivity index (χ2v) is 5.95. The van der Waals surface area contributed by atoms with Gasteiger partial charge in [-0.2, -0.15) is 10.1 Å². The lowest BCUT2D eigenvalue weighted by Gasteiger charge is -2.39. The van der Waals surface area contributed by atoms with Crippen molar-refractivity contribution in [1.29, 1.82) is 0 Å². The van der Waals surface area contributed by atoms with Gasteiger partial charge in [0.25, 0.3) is 5.89 Å². The van der Waals surface area contributed by atoms with Gasteiger partial charge in [0.15, 0.2) is 5.82 Å². The molecule has 118 valence electrons. The van der Waals surface area contributed by atoms with Crippen LogP contribution in [0.15, 0.2) is 41.4 Å². The van der Waals surface area contributed by atoms with Gasteiger partial charge in [0, 0.05) is 0 Å². The molecule has 2 heterocycles. The summed E-state index contributed by atoms with van der Waals surface area (Å²) in [6.45, 7) is 1.93. The predicted molar refractivity (Wildman–Crippen MR) is 79.2 cm³/mol. The standard InChI is InChI=1S/C16H16FN5O/c1-11(22-10-18-9-19-22)14-20-15(21-23-14)16(7-2-8-16)12-3-5-13(17)6-4-12/h3-6,9-11H,2,7-8H2,1H3/t11-/m0/s1. The van der Waals surface area contributed by atoms with Crippen LogP contribution in [0.25, 0.3) is 0 Å². The molecule has 3 aromatic rings. The van der Waals surface area contributed by atoms with Crippen LogP contribution in [0.5, 0.6) is 0 Å². The molecule has 1 saturated carbocycles. The Bertz CT molecular complexity index is 792. The molecule has 0 saturated heterocycles. The van der Waals surface area contributed by atoms with Crippen LogP contribution < -0.4 is 0 Å². The zero-order valence-electron chi connectivity index (χ0n) is 12.7. The van der Waals surface area contributed by atoms with Crippen molar-refractivity contribution in [3.05, 3.63) is 60.0 Å². The Morgan fingerprint density at radius 1 is 1.26 bits per heavy atom. The smallest absolute Gasteiger partial charge is 0.251 e. The molecule has 0 N–H and O–H groups in total. The highest BCUT2D eigenvalue weighted by atomic mass is 19.1. The normalized spacial score (nSPS) is 17.7. The van der Waals surface area contributed by atoms with Crippen molar-refractivity contribution in [2.45, 2.75) is 37.6 Å². The van der Waals surface area contributed by atoms with Crippen LogP contribution >= 0.6 is 0 Å². The second-order valence-electron chi connectivity index (χ2n) is 5.95. The van der Waals surface area contributed by atoms with Gasteiger partial charge in [-0.05, 0) is 37.5 Å². The Balaban J connectivity index is 1.68. The van der Waals surface area contributed by atoms with Crippen LogP contribution in [0.4, 0.5) is 4.39 Å². The molecule has 6 nitrogen and oxygen atoms in total. The molecule has 2 aromatic heterocycles. The topological polar surface area (TPSA) is 69.6 Å². The number of nitrogens with zero attached hydrogens (tertiary/aromatic N) is 5. The quantitative estimate of drug-likeness (QED) is 0.740. The van der Waals surface area contributed by atoms with E-state index in [-0.39, 0.29) is 17.3 Å². The minimum absolute atomic E-state index is 0.177. The first-order valence-electron chi connectivity index (χ1n) is 7.63. The summed E-state index contributed by atoms with van der Waals surface area (Å²) in [4.78, 5) is 8.53. The number of rotatable bonds is 4. The van der Waals surface area contributed by atoms with Crippen LogP contribution in [-0.4, -0.2) is 24.9 Å². The molecule has 4 rings (SSSR count). The van der Waals surface area contributed by atoms with Crippen molar-refractivity contribution < 1.29 is 8.91 Å². The highest BCUT2D eigenvalue weighted by molar-refractivity contribution is 5.35. The van der Waals surface area contributed by atoms with Gasteiger partial charge in [0.2, 0.25) is 0 Å². The lowest BCUT2D eigenvalue weighted by atomic mass is 9.64. The first kappa shape index (κ1) is 14.0. The van der Waals surface area contributed by atoms with Crippen LogP contribution in [-0.2, 0) is 5.41 Å². The molecule has 1 aliphatic carbocycles. The lowest BCUT2D eigenvalue weighted by Crippen LogP contribution is -2.36. The fourth-order valence-corrected chi connectivity index (χ4v) is 3.07. The molecule has 23 heavy (non-hydrogen) atoms. The van der Waals surface area contributed by atoms with E-state index in [1.54, 1.807) is 11.0 Å². The summed E-state index contributed by atoms with van der Waals surface area (Å²) in [7, 11) is 0. The van der Waals surface area contributed by atoms with E-state index in [4.69, 9.17) is 4.52 Å². The van der Waals surface area contributed by atoms with Gasteiger partial charge in [-0.25, -0.2) is 14.1 Å². The SMILES string of the molecule is C[C@@H](c1nc(C2(c3ccc(F)cc3)CCC2)no1)n1cncn1. The van der Waals surface area contributed by atoms with Crippen molar-refractivity contribution in [2.75, 3.05) is 0 Å². The Hall–Kier alpha value is -2.57. The van der Waals surface area contributed by atoms with Crippen LogP contribution in [0.2, 0.25) is 0 Å². The molecule has 1 fully saturated rings. The average Bonchev–Trinajstić information content (AvgIpc) is 3.19. The second kappa shape index (κ2) is 5.26. The van der Waals surface area contributed by atoms with Gasteiger partial charge in [-0.1, -0.05) is 23.7 Å². The summed E-state index contributed by atoms with van der Waals surface area (Å²) in [5, 5.41) is 8.30. The maximum absolute atomic E-state index is 13.2. The Kier molecular flexibility index (Phi) is 3.21. The van der Waals surface area contributed by atoms with Gasteiger partial charge in [0.1, 0.15) is 24.5 Å². The third kappa shape index (κ3) is 2.23. The van der Waals surface area contributed by atoms with Crippen LogP contribution in [0, 0.1) is 5.82 Å². The number of aromatic nitrogens is 5. The summed E-state index contributed by atoms with van der Waals surface area (Å²) in [5.74, 6) is 0.924. The van der Waals surface area contributed by atoms with E-state index >= 15 is 0 Å². The first-order valence-corrected chi connectivity index (χ1v) is 7.63. The van der Waals surface area contributed by atoms with Crippen molar-refractivity contribution in [3.63, 3.8) is 0 Å². The highest BCUT2D eigenvalue weighted by Crippen LogP contribution is 2.47.